The van der Waals surface area contributed by atoms with E-state index in [1.165, 1.54) is 0 Å². The number of hydrogen-bond donors (Lipinski definition) is 1. The summed E-state index contributed by atoms with van der Waals surface area (Å²) >= 11 is 0. The second-order valence-electron chi connectivity index (χ2n) is 6.56. The largest absolute Gasteiger partial charge is 0.490 e. The van der Waals surface area contributed by atoms with Gasteiger partial charge in [-0.05, 0) is 44.1 Å². The number of ether oxygens (including phenoxy) is 1. The first-order chi connectivity index (χ1) is 11.1. The van der Waals surface area contributed by atoms with E-state index in [4.69, 9.17) is 4.74 Å². The summed E-state index contributed by atoms with van der Waals surface area (Å²) < 4.78 is 5.65. The number of ketones is 1. The van der Waals surface area contributed by atoms with Crippen LogP contribution in [0.1, 0.15) is 37.0 Å². The van der Waals surface area contributed by atoms with Crippen molar-refractivity contribution in [1.82, 2.24) is 5.32 Å². The lowest BCUT2D eigenvalue weighted by atomic mass is 9.89. The summed E-state index contributed by atoms with van der Waals surface area (Å²) in [6.07, 6.45) is 1.75. The summed E-state index contributed by atoms with van der Waals surface area (Å²) in [4.78, 5) is 26.9. The van der Waals surface area contributed by atoms with Crippen LogP contribution in [0, 0.1) is 11.8 Å². The van der Waals surface area contributed by atoms with Crippen LogP contribution >= 0.6 is 0 Å². The maximum atomic E-state index is 12.7. The van der Waals surface area contributed by atoms with E-state index in [0.29, 0.717) is 24.5 Å². The average Bonchev–Trinajstić information content (AvgIpc) is 2.60. The Balaban J connectivity index is 1.88. The predicted molar refractivity (Wildman–Crippen MR) is 89.1 cm³/mol. The molecule has 0 bridgehead atoms. The van der Waals surface area contributed by atoms with Crippen molar-refractivity contribution in [3.05, 3.63) is 23.8 Å². The molecule has 1 aromatic rings. The van der Waals surface area contributed by atoms with Gasteiger partial charge in [-0.1, -0.05) is 13.8 Å². The molecule has 1 saturated heterocycles. The normalized spacial score (nSPS) is 18.5. The van der Waals surface area contributed by atoms with E-state index in [0.717, 1.165) is 31.6 Å². The third-order valence-corrected chi connectivity index (χ3v) is 4.58. The minimum atomic E-state index is -0.0790. The minimum Gasteiger partial charge on any atom is -0.490 e. The number of nitrogens with one attached hydrogen (secondary N) is 1. The molecule has 2 aliphatic heterocycles. The smallest absolute Gasteiger partial charge is 0.229 e. The van der Waals surface area contributed by atoms with Crippen molar-refractivity contribution in [2.75, 3.05) is 31.1 Å². The molecule has 23 heavy (non-hydrogen) atoms. The molecule has 0 saturated carbocycles. The zero-order valence-corrected chi connectivity index (χ0v) is 13.8. The maximum Gasteiger partial charge on any atom is 0.229 e. The predicted octanol–water partition coefficient (Wildman–Crippen LogP) is 2.25. The van der Waals surface area contributed by atoms with Crippen molar-refractivity contribution in [2.45, 2.75) is 26.7 Å². The fourth-order valence-electron chi connectivity index (χ4n) is 3.23. The Morgan fingerprint density at radius 1 is 1.26 bits per heavy atom. The number of piperidine rings is 1. The van der Waals surface area contributed by atoms with Gasteiger partial charge in [-0.25, -0.2) is 0 Å². The second-order valence-corrected chi connectivity index (χ2v) is 6.56. The summed E-state index contributed by atoms with van der Waals surface area (Å²) in [7, 11) is 0. The average molecular weight is 316 g/mol. The van der Waals surface area contributed by atoms with Crippen LogP contribution in [0.3, 0.4) is 0 Å². The standard InChI is InChI=1S/C18H24N2O3/c1-12(2)18(22)20-9-10-23-16-4-3-14(11-15(16)20)17(21)13-5-7-19-8-6-13/h3-4,11-13,19H,5-10H2,1-2H3. The molecule has 1 aromatic carbocycles. The van der Waals surface area contributed by atoms with Crippen LogP contribution in [-0.4, -0.2) is 37.9 Å². The number of amides is 1. The molecular weight excluding hydrogens is 292 g/mol. The Morgan fingerprint density at radius 2 is 2.00 bits per heavy atom. The van der Waals surface area contributed by atoms with Crippen LogP contribution in [-0.2, 0) is 4.79 Å². The lowest BCUT2D eigenvalue weighted by molar-refractivity contribution is -0.121. The van der Waals surface area contributed by atoms with Gasteiger partial charge in [0.15, 0.2) is 5.78 Å². The number of rotatable bonds is 3. The molecule has 3 rings (SSSR count). The fraction of sp³-hybridized carbons (Fsp3) is 0.556. The summed E-state index contributed by atoms with van der Waals surface area (Å²) in [6.45, 7) is 6.59. The Hall–Kier alpha value is -1.88. The van der Waals surface area contributed by atoms with Crippen molar-refractivity contribution < 1.29 is 14.3 Å². The monoisotopic (exact) mass is 316 g/mol. The molecule has 124 valence electrons. The molecule has 2 heterocycles. The van der Waals surface area contributed by atoms with Gasteiger partial charge in [0, 0.05) is 17.4 Å². The first kappa shape index (κ1) is 16.0. The maximum absolute atomic E-state index is 12.7. The Morgan fingerprint density at radius 3 is 2.70 bits per heavy atom. The topological polar surface area (TPSA) is 58.6 Å². The molecule has 1 N–H and O–H groups in total. The molecule has 0 spiro atoms. The second kappa shape index (κ2) is 6.71. The van der Waals surface area contributed by atoms with E-state index >= 15 is 0 Å². The molecule has 5 nitrogen and oxygen atoms in total. The van der Waals surface area contributed by atoms with Gasteiger partial charge in [0.05, 0.1) is 12.2 Å². The highest BCUT2D eigenvalue weighted by Gasteiger charge is 2.28. The van der Waals surface area contributed by atoms with Gasteiger partial charge >= 0.3 is 0 Å². The SMILES string of the molecule is CC(C)C(=O)N1CCOc2ccc(C(=O)C3CCNCC3)cc21. The quantitative estimate of drug-likeness (QED) is 0.869. The third-order valence-electron chi connectivity index (χ3n) is 4.58. The van der Waals surface area contributed by atoms with Crippen molar-refractivity contribution >= 4 is 17.4 Å². The molecule has 5 heteroatoms. The van der Waals surface area contributed by atoms with E-state index in [2.05, 4.69) is 5.32 Å². The molecule has 0 atom stereocenters. The number of carbonyl (C=O) groups is 2. The highest BCUT2D eigenvalue weighted by Crippen LogP contribution is 2.34. The molecule has 0 aromatic heterocycles. The number of hydrogen-bond acceptors (Lipinski definition) is 4. The highest BCUT2D eigenvalue weighted by molar-refractivity contribution is 6.02. The number of Topliss-reactive ketones (excluding diaryl/α,β-unsaturated/α-hetero) is 1. The van der Waals surface area contributed by atoms with Gasteiger partial charge in [-0.15, -0.1) is 0 Å². The number of fused-ring (bicyclic) bond motifs is 1. The molecule has 0 unspecified atom stereocenters. The fourth-order valence-corrected chi connectivity index (χ4v) is 3.23. The number of benzene rings is 1. The van der Waals surface area contributed by atoms with Gasteiger partial charge in [-0.2, -0.15) is 0 Å². The molecule has 0 aliphatic carbocycles. The van der Waals surface area contributed by atoms with Crippen molar-refractivity contribution in [3.63, 3.8) is 0 Å². The van der Waals surface area contributed by atoms with Gasteiger partial charge in [-0.3, -0.25) is 9.59 Å². The van der Waals surface area contributed by atoms with Gasteiger partial charge in [0.1, 0.15) is 12.4 Å². The van der Waals surface area contributed by atoms with Crippen LogP contribution in [0.4, 0.5) is 5.69 Å². The zero-order chi connectivity index (χ0) is 16.4. The Kier molecular flexibility index (Phi) is 4.66. The first-order valence-corrected chi connectivity index (χ1v) is 8.41. The summed E-state index contributed by atoms with van der Waals surface area (Å²) in [5.74, 6) is 0.933. The summed E-state index contributed by atoms with van der Waals surface area (Å²) in [5.41, 5.74) is 1.41. The van der Waals surface area contributed by atoms with E-state index in [1.54, 1.807) is 4.90 Å². The summed E-state index contributed by atoms with van der Waals surface area (Å²) in [5, 5.41) is 3.28. The molecular formula is C18H24N2O3. The van der Waals surface area contributed by atoms with E-state index < -0.39 is 0 Å². The van der Waals surface area contributed by atoms with E-state index in [9.17, 15) is 9.59 Å². The van der Waals surface area contributed by atoms with Gasteiger partial charge in [0.2, 0.25) is 5.91 Å². The van der Waals surface area contributed by atoms with Crippen LogP contribution < -0.4 is 15.0 Å². The first-order valence-electron chi connectivity index (χ1n) is 8.41. The van der Waals surface area contributed by atoms with Crippen LogP contribution in [0.15, 0.2) is 18.2 Å². The molecule has 1 amide bonds. The Labute approximate surface area is 137 Å². The third kappa shape index (κ3) is 3.24. The van der Waals surface area contributed by atoms with Gasteiger partial charge < -0.3 is 15.0 Å². The number of carbonyl (C=O) groups excluding carboxylic acids is 2. The van der Waals surface area contributed by atoms with Gasteiger partial charge in [0.25, 0.3) is 0 Å². The van der Waals surface area contributed by atoms with Crippen LogP contribution in [0.5, 0.6) is 5.75 Å². The lowest BCUT2D eigenvalue weighted by Crippen LogP contribution is -2.40. The number of nitrogens with zero attached hydrogens (tertiary/aromatic N) is 1. The van der Waals surface area contributed by atoms with Crippen LogP contribution in [0.2, 0.25) is 0 Å². The zero-order valence-electron chi connectivity index (χ0n) is 13.8. The highest BCUT2D eigenvalue weighted by atomic mass is 16.5. The lowest BCUT2D eigenvalue weighted by Gasteiger charge is -2.31. The van der Waals surface area contributed by atoms with Crippen molar-refractivity contribution in [2.24, 2.45) is 11.8 Å². The Bertz CT molecular complexity index is 606. The van der Waals surface area contributed by atoms with E-state index in [1.807, 2.05) is 32.0 Å². The van der Waals surface area contributed by atoms with Crippen molar-refractivity contribution in [3.8, 4) is 5.75 Å². The van der Waals surface area contributed by atoms with E-state index in [-0.39, 0.29) is 23.5 Å². The summed E-state index contributed by atoms with van der Waals surface area (Å²) in [6, 6.07) is 5.48. The molecule has 2 aliphatic rings. The van der Waals surface area contributed by atoms with Crippen LogP contribution in [0.25, 0.3) is 0 Å². The molecule has 1 fully saturated rings. The van der Waals surface area contributed by atoms with Crippen molar-refractivity contribution in [1.29, 1.82) is 0 Å². The molecule has 0 radical (unpaired) electrons. The minimum absolute atomic E-state index is 0.0704. The number of anilines is 1.